The maximum Gasteiger partial charge on any atom is 0.259 e. The van der Waals surface area contributed by atoms with E-state index in [-0.39, 0.29) is 29.6 Å². The molecular weight excluding hydrogens is 531 g/mol. The molecule has 6 rings (SSSR count). The standard InChI is InChI=1S/C31H25FN2O5S/c1-19(20-10-12-26-27(17-20)39-15-14-38-26)33-30(35)21-11-13-29-25(16-21)34(18-22-6-2-4-8-24(22)32)31(36)23-7-3-5-9-28(23)40(29)37/h2-13,16-17,19H,14-15,18H2,1H3,(H,33,35). The average Bonchev–Trinajstić information content (AvgIpc) is 3.07. The second kappa shape index (κ2) is 10.6. The fourth-order valence-corrected chi connectivity index (χ4v) is 6.20. The van der Waals surface area contributed by atoms with Crippen LogP contribution in [0.25, 0.3) is 0 Å². The van der Waals surface area contributed by atoms with E-state index in [1.165, 1.54) is 11.0 Å². The first kappa shape index (κ1) is 25.8. The van der Waals surface area contributed by atoms with Gasteiger partial charge in [0.25, 0.3) is 11.8 Å². The molecule has 0 aliphatic carbocycles. The summed E-state index contributed by atoms with van der Waals surface area (Å²) < 4.78 is 39.5. The highest BCUT2D eigenvalue weighted by Crippen LogP contribution is 2.37. The van der Waals surface area contributed by atoms with Crippen molar-refractivity contribution in [2.75, 3.05) is 18.1 Å². The molecule has 4 aromatic carbocycles. The highest BCUT2D eigenvalue weighted by atomic mass is 32.2. The van der Waals surface area contributed by atoms with Gasteiger partial charge in [0.2, 0.25) is 0 Å². The zero-order valence-corrected chi connectivity index (χ0v) is 22.4. The molecule has 4 aromatic rings. The number of nitrogens with one attached hydrogen (secondary N) is 1. The van der Waals surface area contributed by atoms with Crippen LogP contribution in [0.1, 0.15) is 44.8 Å². The molecule has 2 aliphatic rings. The number of carbonyl (C=O) groups excluding carboxylic acids is 2. The van der Waals surface area contributed by atoms with E-state index in [1.807, 2.05) is 25.1 Å². The lowest BCUT2D eigenvalue weighted by atomic mass is 10.1. The minimum atomic E-state index is -1.69. The van der Waals surface area contributed by atoms with Crippen molar-refractivity contribution in [2.24, 2.45) is 0 Å². The summed E-state index contributed by atoms with van der Waals surface area (Å²) in [6.07, 6.45) is 0. The van der Waals surface area contributed by atoms with Gasteiger partial charge in [-0.2, -0.15) is 0 Å². The summed E-state index contributed by atoms with van der Waals surface area (Å²) in [5.74, 6) is 0.0222. The predicted molar refractivity (Wildman–Crippen MR) is 148 cm³/mol. The van der Waals surface area contributed by atoms with E-state index in [1.54, 1.807) is 60.7 Å². The molecule has 0 spiro atoms. The molecule has 2 heterocycles. The zero-order valence-electron chi connectivity index (χ0n) is 21.6. The molecule has 7 nitrogen and oxygen atoms in total. The number of hydrogen-bond donors (Lipinski definition) is 1. The molecule has 0 radical (unpaired) electrons. The Balaban J connectivity index is 1.35. The molecule has 1 N–H and O–H groups in total. The molecule has 2 aliphatic heterocycles. The number of fused-ring (bicyclic) bond motifs is 3. The Morgan fingerprint density at radius 2 is 1.70 bits per heavy atom. The van der Waals surface area contributed by atoms with Gasteiger partial charge in [-0.15, -0.1) is 0 Å². The van der Waals surface area contributed by atoms with Gasteiger partial charge in [0.05, 0.1) is 44.4 Å². The first-order valence-corrected chi connectivity index (χ1v) is 14.0. The Morgan fingerprint density at radius 1 is 0.950 bits per heavy atom. The molecule has 2 amide bonds. The number of anilines is 1. The number of carbonyl (C=O) groups is 2. The van der Waals surface area contributed by atoms with E-state index in [2.05, 4.69) is 5.32 Å². The summed E-state index contributed by atoms with van der Waals surface area (Å²) in [4.78, 5) is 29.3. The lowest BCUT2D eigenvalue weighted by Crippen LogP contribution is -2.31. The van der Waals surface area contributed by atoms with Crippen molar-refractivity contribution in [2.45, 2.75) is 29.3 Å². The number of rotatable bonds is 5. The Bertz CT molecular complexity index is 1670. The number of nitrogens with zero attached hydrogens (tertiary/aromatic N) is 1. The zero-order chi connectivity index (χ0) is 27.8. The third-order valence-electron chi connectivity index (χ3n) is 6.97. The number of amides is 2. The van der Waals surface area contributed by atoms with Crippen molar-refractivity contribution >= 4 is 28.3 Å². The van der Waals surface area contributed by atoms with Gasteiger partial charge >= 0.3 is 0 Å². The van der Waals surface area contributed by atoms with Crippen LogP contribution in [0.2, 0.25) is 0 Å². The highest BCUT2D eigenvalue weighted by Gasteiger charge is 2.32. The van der Waals surface area contributed by atoms with Crippen molar-refractivity contribution in [1.29, 1.82) is 0 Å². The first-order chi connectivity index (χ1) is 19.4. The van der Waals surface area contributed by atoms with E-state index in [9.17, 15) is 18.2 Å². The summed E-state index contributed by atoms with van der Waals surface area (Å²) in [7, 11) is -1.69. The second-order valence-electron chi connectivity index (χ2n) is 9.53. The van der Waals surface area contributed by atoms with Gasteiger partial charge < -0.3 is 19.7 Å². The van der Waals surface area contributed by atoms with Crippen molar-refractivity contribution in [1.82, 2.24) is 5.32 Å². The topological polar surface area (TPSA) is 84.9 Å². The number of benzene rings is 4. The molecule has 0 fully saturated rings. The van der Waals surface area contributed by atoms with Crippen LogP contribution in [0.3, 0.4) is 0 Å². The van der Waals surface area contributed by atoms with E-state index in [4.69, 9.17) is 9.47 Å². The summed E-state index contributed by atoms with van der Waals surface area (Å²) in [6, 6.07) is 22.7. The second-order valence-corrected chi connectivity index (χ2v) is 10.9. The number of ether oxygens (including phenoxy) is 2. The lowest BCUT2D eigenvalue weighted by molar-refractivity contribution is 0.0937. The van der Waals surface area contributed by atoms with Gasteiger partial charge in [-0.1, -0.05) is 36.4 Å². The van der Waals surface area contributed by atoms with Crippen LogP contribution >= 0.6 is 0 Å². The van der Waals surface area contributed by atoms with E-state index >= 15 is 0 Å². The fraction of sp³-hybridized carbons (Fsp3) is 0.161. The van der Waals surface area contributed by atoms with Crippen LogP contribution in [0, 0.1) is 5.82 Å². The highest BCUT2D eigenvalue weighted by molar-refractivity contribution is 7.85. The summed E-state index contributed by atoms with van der Waals surface area (Å²) in [5, 5.41) is 2.98. The van der Waals surface area contributed by atoms with E-state index in [0.717, 1.165) is 5.56 Å². The van der Waals surface area contributed by atoms with E-state index < -0.39 is 22.5 Å². The molecule has 0 aromatic heterocycles. The normalized spacial score (nSPS) is 16.4. The lowest BCUT2D eigenvalue weighted by Gasteiger charge is -2.24. The third-order valence-corrected chi connectivity index (χ3v) is 8.47. The molecule has 2 atom stereocenters. The van der Waals surface area contributed by atoms with Crippen LogP contribution in [0.15, 0.2) is 94.7 Å². The molecule has 0 saturated carbocycles. The molecule has 0 bridgehead atoms. The van der Waals surface area contributed by atoms with Gasteiger partial charge in [0.15, 0.2) is 11.5 Å². The quantitative estimate of drug-likeness (QED) is 0.355. The van der Waals surface area contributed by atoms with Crippen LogP contribution in [-0.2, 0) is 17.3 Å². The first-order valence-electron chi connectivity index (χ1n) is 12.8. The molecule has 202 valence electrons. The molecule has 40 heavy (non-hydrogen) atoms. The monoisotopic (exact) mass is 556 g/mol. The summed E-state index contributed by atoms with van der Waals surface area (Å²) >= 11 is 0. The van der Waals surface area contributed by atoms with Crippen molar-refractivity contribution in [3.05, 3.63) is 113 Å². The minimum Gasteiger partial charge on any atom is -0.486 e. The maximum absolute atomic E-state index is 14.7. The van der Waals surface area contributed by atoms with Gasteiger partial charge in [0, 0.05) is 11.1 Å². The number of hydrogen-bond acceptors (Lipinski definition) is 5. The van der Waals surface area contributed by atoms with Crippen LogP contribution in [0.4, 0.5) is 10.1 Å². The van der Waals surface area contributed by atoms with Gasteiger partial charge in [0.1, 0.15) is 19.0 Å². The van der Waals surface area contributed by atoms with Gasteiger partial charge in [-0.05, 0) is 61.0 Å². The van der Waals surface area contributed by atoms with Gasteiger partial charge in [-0.3, -0.25) is 9.59 Å². The summed E-state index contributed by atoms with van der Waals surface area (Å²) in [6.45, 7) is 2.71. The SMILES string of the molecule is CC(NC(=O)c1ccc2c(c1)N(Cc1ccccc1F)C(=O)c1ccccc1S2=O)c1ccc2c(c1)OCCO2. The Hall–Kier alpha value is -4.50. The Morgan fingerprint density at radius 3 is 2.52 bits per heavy atom. The van der Waals surface area contributed by atoms with E-state index in [0.29, 0.717) is 45.8 Å². The smallest absolute Gasteiger partial charge is 0.259 e. The van der Waals surface area contributed by atoms with Crippen LogP contribution in [-0.4, -0.2) is 29.2 Å². The van der Waals surface area contributed by atoms with Gasteiger partial charge in [-0.25, -0.2) is 8.60 Å². The van der Waals surface area contributed by atoms with Crippen molar-refractivity contribution in [3.63, 3.8) is 0 Å². The maximum atomic E-state index is 14.7. The fourth-order valence-electron chi connectivity index (χ4n) is 4.85. The minimum absolute atomic E-state index is 0.0945. The molecule has 9 heteroatoms. The average molecular weight is 557 g/mol. The van der Waals surface area contributed by atoms with Crippen molar-refractivity contribution in [3.8, 4) is 11.5 Å². The molecule has 0 saturated heterocycles. The third kappa shape index (κ3) is 4.73. The summed E-state index contributed by atoms with van der Waals surface area (Å²) in [5.41, 5.74) is 1.97. The largest absolute Gasteiger partial charge is 0.486 e. The van der Waals surface area contributed by atoms with Crippen molar-refractivity contribution < 1.29 is 27.7 Å². The molecular formula is C31H25FN2O5S. The number of halogens is 1. The Labute approximate surface area is 233 Å². The van der Waals surface area contributed by atoms with Crippen LogP contribution in [0.5, 0.6) is 11.5 Å². The molecule has 2 unspecified atom stereocenters. The Kier molecular flexibility index (Phi) is 6.81. The predicted octanol–water partition coefficient (Wildman–Crippen LogP) is 5.42. The van der Waals surface area contributed by atoms with Crippen LogP contribution < -0.4 is 19.7 Å².